The van der Waals surface area contributed by atoms with E-state index in [0.717, 1.165) is 60.6 Å². The molecule has 3 aromatic carbocycles. The minimum Gasteiger partial charge on any atom is -0.494 e. The summed E-state index contributed by atoms with van der Waals surface area (Å²) in [5, 5.41) is 9.14. The van der Waals surface area contributed by atoms with E-state index in [1.54, 1.807) is 35.2 Å². The van der Waals surface area contributed by atoms with Crippen molar-refractivity contribution in [3.05, 3.63) is 83.7 Å². The monoisotopic (exact) mass is 519 g/mol. The molecule has 8 heteroatoms. The van der Waals surface area contributed by atoms with Gasteiger partial charge in [0.2, 0.25) is 5.91 Å². The molecule has 38 heavy (non-hydrogen) atoms. The number of carboxylic acids is 1. The van der Waals surface area contributed by atoms with Gasteiger partial charge in [-0.2, -0.15) is 0 Å². The van der Waals surface area contributed by atoms with Crippen molar-refractivity contribution in [2.24, 2.45) is 5.41 Å². The number of benzene rings is 3. The van der Waals surface area contributed by atoms with Crippen LogP contribution in [0.15, 0.2) is 66.7 Å². The van der Waals surface area contributed by atoms with Crippen LogP contribution in [0.1, 0.15) is 42.1 Å². The van der Waals surface area contributed by atoms with Crippen LogP contribution in [0.2, 0.25) is 0 Å². The zero-order valence-electron chi connectivity index (χ0n) is 21.7. The van der Waals surface area contributed by atoms with Gasteiger partial charge < -0.3 is 20.9 Å². The van der Waals surface area contributed by atoms with E-state index in [1.165, 1.54) is 12.1 Å². The largest absolute Gasteiger partial charge is 0.494 e. The first kappa shape index (κ1) is 27.3. The Balaban J connectivity index is 0.00000336. The van der Waals surface area contributed by atoms with E-state index in [9.17, 15) is 14.0 Å². The Kier molecular flexibility index (Phi) is 8.14. The average Bonchev–Trinajstić information content (AvgIpc) is 3.21. The van der Waals surface area contributed by atoms with Crippen LogP contribution in [-0.4, -0.2) is 48.1 Å². The highest BCUT2D eigenvalue weighted by Gasteiger charge is 2.45. The Labute approximate surface area is 222 Å². The summed E-state index contributed by atoms with van der Waals surface area (Å²) in [4.78, 5) is 28.2. The summed E-state index contributed by atoms with van der Waals surface area (Å²) in [6.45, 7) is 5.69. The number of rotatable bonds is 7. The fraction of sp³-hybridized carbons (Fsp3) is 0.333. The molecule has 1 amide bonds. The summed E-state index contributed by atoms with van der Waals surface area (Å²) < 4.78 is 19.6. The van der Waals surface area contributed by atoms with Gasteiger partial charge in [0.15, 0.2) is 0 Å². The number of piperidine rings is 1. The van der Waals surface area contributed by atoms with Gasteiger partial charge in [-0.25, -0.2) is 9.18 Å². The first-order valence-corrected chi connectivity index (χ1v) is 12.7. The van der Waals surface area contributed by atoms with Gasteiger partial charge in [0, 0.05) is 25.2 Å². The number of anilines is 1. The SMILES string of the molecule is CCOc1cc(CN2CCC3(CC2)CC(=O)N(c2ccc(C(=O)O)cc2)C3)cc(-c2cccc(F)c2)c1.N. The highest BCUT2D eigenvalue weighted by Crippen LogP contribution is 2.43. The molecule has 0 bridgehead atoms. The van der Waals surface area contributed by atoms with Gasteiger partial charge in [0.05, 0.1) is 12.2 Å². The van der Waals surface area contributed by atoms with Crippen molar-refractivity contribution in [3.63, 3.8) is 0 Å². The van der Waals surface area contributed by atoms with Crippen molar-refractivity contribution >= 4 is 17.6 Å². The van der Waals surface area contributed by atoms with Crippen LogP contribution in [0.5, 0.6) is 5.75 Å². The van der Waals surface area contributed by atoms with Gasteiger partial charge in [-0.1, -0.05) is 12.1 Å². The summed E-state index contributed by atoms with van der Waals surface area (Å²) in [5.74, 6) is -0.363. The molecule has 3 aromatic rings. The number of hydrogen-bond acceptors (Lipinski definition) is 5. The minimum atomic E-state index is -0.974. The molecule has 0 atom stereocenters. The molecule has 1 spiro atoms. The zero-order chi connectivity index (χ0) is 26.0. The van der Waals surface area contributed by atoms with E-state index in [-0.39, 0.29) is 28.9 Å². The molecule has 0 aromatic heterocycles. The molecule has 5 rings (SSSR count). The summed E-state index contributed by atoms with van der Waals surface area (Å²) in [6.07, 6.45) is 2.36. The molecular weight excluding hydrogens is 485 g/mol. The summed E-state index contributed by atoms with van der Waals surface area (Å²) >= 11 is 0. The highest BCUT2D eigenvalue weighted by molar-refractivity contribution is 5.97. The van der Waals surface area contributed by atoms with Crippen molar-refractivity contribution in [1.29, 1.82) is 0 Å². The maximum atomic E-state index is 13.8. The first-order chi connectivity index (χ1) is 17.8. The molecule has 0 saturated carbocycles. The van der Waals surface area contributed by atoms with E-state index in [1.807, 2.05) is 19.1 Å². The van der Waals surface area contributed by atoms with E-state index >= 15 is 0 Å². The lowest BCUT2D eigenvalue weighted by Gasteiger charge is -2.39. The lowest BCUT2D eigenvalue weighted by molar-refractivity contribution is -0.118. The number of amides is 1. The summed E-state index contributed by atoms with van der Waals surface area (Å²) in [6, 6.07) is 19.2. The standard InChI is InChI=1S/C30H31FN2O4.H3N/c1-2-37-27-15-21(14-24(17-27)23-4-3-5-25(31)16-23)19-32-12-10-30(11-13-32)18-28(34)33(20-30)26-8-6-22(7-9-26)29(35)36;/h3-9,14-17H,2,10-13,18-20H2,1H3,(H,35,36);1H3. The normalized spacial score (nSPS) is 16.9. The minimum absolute atomic E-state index is 0. The Morgan fingerprint density at radius 1 is 1.03 bits per heavy atom. The van der Waals surface area contributed by atoms with E-state index in [4.69, 9.17) is 9.84 Å². The van der Waals surface area contributed by atoms with E-state index in [0.29, 0.717) is 19.6 Å². The zero-order valence-corrected chi connectivity index (χ0v) is 21.7. The van der Waals surface area contributed by atoms with Crippen LogP contribution >= 0.6 is 0 Å². The predicted octanol–water partition coefficient (Wildman–Crippen LogP) is 5.77. The third-order valence-corrected chi connectivity index (χ3v) is 7.50. The van der Waals surface area contributed by atoms with Crippen molar-refractivity contribution in [1.82, 2.24) is 11.1 Å². The highest BCUT2D eigenvalue weighted by atomic mass is 19.1. The van der Waals surface area contributed by atoms with Crippen molar-refractivity contribution < 1.29 is 23.8 Å². The van der Waals surface area contributed by atoms with E-state index in [2.05, 4.69) is 17.0 Å². The number of hydrogen-bond donors (Lipinski definition) is 2. The fourth-order valence-corrected chi connectivity index (χ4v) is 5.53. The fourth-order valence-electron chi connectivity index (χ4n) is 5.53. The van der Waals surface area contributed by atoms with Gasteiger partial charge >= 0.3 is 5.97 Å². The predicted molar refractivity (Wildman–Crippen MR) is 145 cm³/mol. The van der Waals surface area contributed by atoms with Gasteiger partial charge in [-0.3, -0.25) is 9.69 Å². The average molecular weight is 520 g/mol. The molecule has 0 radical (unpaired) electrons. The molecule has 2 aliphatic rings. The molecule has 2 aliphatic heterocycles. The third kappa shape index (κ3) is 5.87. The Morgan fingerprint density at radius 3 is 2.42 bits per heavy atom. The molecule has 4 N–H and O–H groups in total. The number of carbonyl (C=O) groups excluding carboxylic acids is 1. The molecule has 0 aliphatic carbocycles. The van der Waals surface area contributed by atoms with Crippen molar-refractivity contribution in [3.8, 4) is 16.9 Å². The number of halogens is 1. The van der Waals surface area contributed by atoms with Crippen molar-refractivity contribution in [2.45, 2.75) is 32.7 Å². The maximum absolute atomic E-state index is 13.8. The lowest BCUT2D eigenvalue weighted by atomic mass is 9.77. The van der Waals surface area contributed by atoms with Gasteiger partial charge in [-0.15, -0.1) is 0 Å². The van der Waals surface area contributed by atoms with Crippen LogP contribution in [0.25, 0.3) is 11.1 Å². The molecule has 7 nitrogen and oxygen atoms in total. The molecule has 2 heterocycles. The second-order valence-electron chi connectivity index (χ2n) is 10.1. The van der Waals surface area contributed by atoms with Gasteiger partial charge in [0.1, 0.15) is 11.6 Å². The molecule has 200 valence electrons. The number of nitrogens with zero attached hydrogens (tertiary/aromatic N) is 2. The van der Waals surface area contributed by atoms with Crippen LogP contribution in [-0.2, 0) is 11.3 Å². The van der Waals surface area contributed by atoms with Gasteiger partial charge in [0.25, 0.3) is 0 Å². The second kappa shape index (κ2) is 11.3. The Bertz CT molecular complexity index is 1300. The smallest absolute Gasteiger partial charge is 0.335 e. The number of ether oxygens (including phenoxy) is 1. The topological polar surface area (TPSA) is 105 Å². The Morgan fingerprint density at radius 2 is 1.76 bits per heavy atom. The van der Waals surface area contributed by atoms with Crippen LogP contribution in [0.4, 0.5) is 10.1 Å². The molecule has 0 unspecified atom stereocenters. The van der Waals surface area contributed by atoms with E-state index < -0.39 is 5.97 Å². The number of carbonyl (C=O) groups is 2. The molecule has 2 fully saturated rings. The number of carboxylic acid groups (broad SMARTS) is 1. The number of aromatic carboxylic acids is 1. The van der Waals surface area contributed by atoms with Crippen LogP contribution in [0.3, 0.4) is 0 Å². The third-order valence-electron chi connectivity index (χ3n) is 7.50. The van der Waals surface area contributed by atoms with Crippen molar-refractivity contribution in [2.75, 3.05) is 31.1 Å². The molecule has 2 saturated heterocycles. The maximum Gasteiger partial charge on any atom is 0.335 e. The van der Waals surface area contributed by atoms with Crippen LogP contribution < -0.4 is 15.8 Å². The lowest BCUT2D eigenvalue weighted by Crippen LogP contribution is -2.41. The molecular formula is C30H34FN3O4. The van der Waals surface area contributed by atoms with Gasteiger partial charge in [-0.05, 0) is 110 Å². The quantitative estimate of drug-likeness (QED) is 0.411. The first-order valence-electron chi connectivity index (χ1n) is 12.7. The Hall–Kier alpha value is -3.75. The second-order valence-corrected chi connectivity index (χ2v) is 10.1. The number of likely N-dealkylation sites (tertiary alicyclic amines) is 1. The summed E-state index contributed by atoms with van der Waals surface area (Å²) in [5.41, 5.74) is 3.78. The van der Waals surface area contributed by atoms with Crippen LogP contribution in [0, 0.1) is 11.2 Å². The summed E-state index contributed by atoms with van der Waals surface area (Å²) in [7, 11) is 0.